The van der Waals surface area contributed by atoms with Crippen molar-refractivity contribution in [3.8, 4) is 5.75 Å². The number of carbonyl (C=O) groups is 2. The number of benzene rings is 1. The zero-order chi connectivity index (χ0) is 18.4. The van der Waals surface area contributed by atoms with Crippen molar-refractivity contribution in [3.05, 3.63) is 70.1 Å². The number of aryl methyl sites for hydroxylation is 1. The summed E-state index contributed by atoms with van der Waals surface area (Å²) >= 11 is 1.28. The van der Waals surface area contributed by atoms with Crippen LogP contribution in [0, 0.1) is 0 Å². The molecule has 3 aromatic rings. The molecule has 0 atom stereocenters. The predicted octanol–water partition coefficient (Wildman–Crippen LogP) is 2.95. The Morgan fingerprint density at radius 2 is 1.88 bits per heavy atom. The van der Waals surface area contributed by atoms with E-state index in [1.54, 1.807) is 6.07 Å². The van der Waals surface area contributed by atoms with Crippen LogP contribution in [0.3, 0.4) is 0 Å². The van der Waals surface area contributed by atoms with Gasteiger partial charge >= 0.3 is 5.91 Å². The van der Waals surface area contributed by atoms with Gasteiger partial charge < -0.3 is 9.15 Å². The lowest BCUT2D eigenvalue weighted by Gasteiger charge is -2.04. The highest BCUT2D eigenvalue weighted by Gasteiger charge is 2.14. The van der Waals surface area contributed by atoms with Crippen LogP contribution in [-0.4, -0.2) is 16.8 Å². The Hall–Kier alpha value is -3.13. The molecule has 0 saturated carbocycles. The number of rotatable bonds is 6. The molecule has 2 heterocycles. The van der Waals surface area contributed by atoms with E-state index in [2.05, 4.69) is 15.8 Å². The van der Waals surface area contributed by atoms with E-state index in [1.807, 2.05) is 37.3 Å². The van der Waals surface area contributed by atoms with Crippen LogP contribution < -0.4 is 15.6 Å². The summed E-state index contributed by atoms with van der Waals surface area (Å²) in [6.07, 6.45) is 2.24. The average Bonchev–Trinajstić information content (AvgIpc) is 3.34. The summed E-state index contributed by atoms with van der Waals surface area (Å²) in [4.78, 5) is 28.6. The van der Waals surface area contributed by atoms with Gasteiger partial charge in [-0.05, 0) is 30.7 Å². The van der Waals surface area contributed by atoms with Gasteiger partial charge in [0.25, 0.3) is 5.91 Å². The first-order valence-corrected chi connectivity index (χ1v) is 8.79. The second-order valence-electron chi connectivity index (χ2n) is 5.25. The summed E-state index contributed by atoms with van der Waals surface area (Å²) < 4.78 is 11.0. The molecule has 26 heavy (non-hydrogen) atoms. The van der Waals surface area contributed by atoms with Gasteiger partial charge in [-0.3, -0.25) is 20.4 Å². The molecule has 8 heteroatoms. The van der Waals surface area contributed by atoms with Crippen LogP contribution in [0.1, 0.15) is 37.9 Å². The molecule has 2 aromatic heterocycles. The summed E-state index contributed by atoms with van der Waals surface area (Å²) in [5.41, 5.74) is 4.66. The highest BCUT2D eigenvalue weighted by Crippen LogP contribution is 2.14. The molecule has 0 aliphatic carbocycles. The monoisotopic (exact) mass is 371 g/mol. The number of hydrogen-bond acceptors (Lipinski definition) is 6. The van der Waals surface area contributed by atoms with Gasteiger partial charge in [0.2, 0.25) is 0 Å². The van der Waals surface area contributed by atoms with E-state index < -0.39 is 11.8 Å². The number of carbonyl (C=O) groups excluding carboxylic acids is 2. The minimum atomic E-state index is -0.551. The maximum absolute atomic E-state index is 12.1. The SMILES string of the molecule is CCc1ncc(C(=O)NNC(=O)c2ccc(COc3ccccc3)o2)s1. The first-order valence-electron chi connectivity index (χ1n) is 7.97. The van der Waals surface area contributed by atoms with E-state index in [9.17, 15) is 9.59 Å². The van der Waals surface area contributed by atoms with Gasteiger partial charge in [-0.25, -0.2) is 4.98 Å². The molecule has 2 N–H and O–H groups in total. The summed E-state index contributed by atoms with van der Waals surface area (Å²) in [7, 11) is 0. The Morgan fingerprint density at radius 3 is 2.62 bits per heavy atom. The fourth-order valence-corrected chi connectivity index (χ4v) is 2.82. The van der Waals surface area contributed by atoms with Crippen LogP contribution in [0.4, 0.5) is 0 Å². The quantitative estimate of drug-likeness (QED) is 0.650. The van der Waals surface area contributed by atoms with Crippen molar-refractivity contribution in [2.75, 3.05) is 0 Å². The number of nitrogens with one attached hydrogen (secondary N) is 2. The third-order valence-corrected chi connectivity index (χ3v) is 4.52. The van der Waals surface area contributed by atoms with Crippen LogP contribution in [0.15, 0.2) is 53.1 Å². The molecular formula is C18H17N3O4S. The average molecular weight is 371 g/mol. The number of hydrogen-bond donors (Lipinski definition) is 2. The number of hydrazine groups is 1. The van der Waals surface area contributed by atoms with Gasteiger partial charge in [0.1, 0.15) is 23.0 Å². The molecule has 7 nitrogen and oxygen atoms in total. The molecule has 0 aliphatic heterocycles. The Balaban J connectivity index is 1.50. The van der Waals surface area contributed by atoms with Gasteiger partial charge in [0.15, 0.2) is 5.76 Å². The van der Waals surface area contributed by atoms with Gasteiger partial charge in [-0.2, -0.15) is 0 Å². The van der Waals surface area contributed by atoms with Gasteiger partial charge in [-0.15, -0.1) is 11.3 Å². The molecule has 0 fully saturated rings. The zero-order valence-corrected chi connectivity index (χ0v) is 14.8. The third-order valence-electron chi connectivity index (χ3n) is 3.38. The third kappa shape index (κ3) is 4.48. The summed E-state index contributed by atoms with van der Waals surface area (Å²) in [6.45, 7) is 2.16. The smallest absolute Gasteiger partial charge is 0.305 e. The predicted molar refractivity (Wildman–Crippen MR) is 95.9 cm³/mol. The maximum atomic E-state index is 12.1. The van der Waals surface area contributed by atoms with E-state index >= 15 is 0 Å². The highest BCUT2D eigenvalue weighted by atomic mass is 32.1. The number of amides is 2. The van der Waals surface area contributed by atoms with E-state index in [1.165, 1.54) is 23.6 Å². The second kappa shape index (κ2) is 8.30. The molecule has 0 saturated heterocycles. The van der Waals surface area contributed by atoms with Crippen molar-refractivity contribution in [1.29, 1.82) is 0 Å². The molecule has 0 unspecified atom stereocenters. The Kier molecular flexibility index (Phi) is 5.65. The zero-order valence-electron chi connectivity index (χ0n) is 14.0. The number of aromatic nitrogens is 1. The molecule has 2 amide bonds. The molecule has 1 aromatic carbocycles. The lowest BCUT2D eigenvalue weighted by atomic mass is 10.3. The number of para-hydroxylation sites is 1. The molecule has 0 bridgehead atoms. The largest absolute Gasteiger partial charge is 0.486 e. The normalized spacial score (nSPS) is 10.3. The van der Waals surface area contributed by atoms with Crippen molar-refractivity contribution in [2.45, 2.75) is 20.0 Å². The Labute approximate surface area is 154 Å². The first-order chi connectivity index (χ1) is 12.7. The maximum Gasteiger partial charge on any atom is 0.305 e. The van der Waals surface area contributed by atoms with E-state index in [0.717, 1.165) is 11.4 Å². The van der Waals surface area contributed by atoms with Crippen molar-refractivity contribution in [2.24, 2.45) is 0 Å². The Morgan fingerprint density at radius 1 is 1.12 bits per heavy atom. The minimum Gasteiger partial charge on any atom is -0.486 e. The van der Waals surface area contributed by atoms with E-state index in [4.69, 9.17) is 9.15 Å². The number of thiazole rings is 1. The molecule has 0 radical (unpaired) electrons. The van der Waals surface area contributed by atoms with Crippen molar-refractivity contribution >= 4 is 23.2 Å². The molecule has 0 spiro atoms. The molecule has 0 aliphatic rings. The fraction of sp³-hybridized carbons (Fsp3) is 0.167. The number of furan rings is 1. The highest BCUT2D eigenvalue weighted by molar-refractivity contribution is 7.13. The lowest BCUT2D eigenvalue weighted by molar-refractivity contribution is 0.0830. The number of nitrogens with zero attached hydrogens (tertiary/aromatic N) is 1. The second-order valence-corrected chi connectivity index (χ2v) is 6.36. The Bertz CT molecular complexity index is 889. The standard InChI is InChI=1S/C18H17N3O4S/c1-2-16-19-10-15(26-16)18(23)21-20-17(22)14-9-8-13(25-14)11-24-12-6-4-3-5-7-12/h3-10H,2,11H2,1H3,(H,20,22)(H,21,23). The minimum absolute atomic E-state index is 0.0792. The topological polar surface area (TPSA) is 93.5 Å². The van der Waals surface area contributed by atoms with E-state index in [-0.39, 0.29) is 12.4 Å². The molecule has 134 valence electrons. The summed E-state index contributed by atoms with van der Waals surface area (Å²) in [5.74, 6) is 0.313. The molecular weight excluding hydrogens is 354 g/mol. The van der Waals surface area contributed by atoms with Crippen molar-refractivity contribution in [1.82, 2.24) is 15.8 Å². The van der Waals surface area contributed by atoms with Gasteiger partial charge in [-0.1, -0.05) is 25.1 Å². The summed E-state index contributed by atoms with van der Waals surface area (Å²) in [5, 5.41) is 0.857. The number of ether oxygens (including phenoxy) is 1. The van der Waals surface area contributed by atoms with Crippen LogP contribution in [0.5, 0.6) is 5.75 Å². The van der Waals surface area contributed by atoms with Gasteiger partial charge in [0, 0.05) is 0 Å². The van der Waals surface area contributed by atoms with Crippen molar-refractivity contribution in [3.63, 3.8) is 0 Å². The summed E-state index contributed by atoms with van der Waals surface area (Å²) in [6, 6.07) is 12.5. The van der Waals surface area contributed by atoms with Crippen molar-refractivity contribution < 1.29 is 18.7 Å². The van der Waals surface area contributed by atoms with Crippen LogP contribution in [-0.2, 0) is 13.0 Å². The lowest BCUT2D eigenvalue weighted by Crippen LogP contribution is -2.41. The van der Waals surface area contributed by atoms with E-state index in [0.29, 0.717) is 16.4 Å². The molecule has 3 rings (SSSR count). The van der Waals surface area contributed by atoms with Gasteiger partial charge in [0.05, 0.1) is 11.2 Å². The van der Waals surface area contributed by atoms with Crippen LogP contribution in [0.25, 0.3) is 0 Å². The fourth-order valence-electron chi connectivity index (χ4n) is 2.06. The first kappa shape index (κ1) is 17.7. The van der Waals surface area contributed by atoms with Crippen LogP contribution >= 0.6 is 11.3 Å². The van der Waals surface area contributed by atoms with Crippen LogP contribution in [0.2, 0.25) is 0 Å².